The maximum atomic E-state index is 12.0. The molecule has 0 spiro atoms. The standard InChI is InChI=1S/C23H21NO2S/c1-17-21-15-20(27(2,25)26)13-14-22(21)24(16-18-9-5-3-6-10-18)23(17)19-11-7-4-8-12-19/h3-15H,16H2,1-2H3. The van der Waals surface area contributed by atoms with Gasteiger partial charge in [0.05, 0.1) is 10.6 Å². The Bertz CT molecular complexity index is 1210. The first-order valence-corrected chi connectivity index (χ1v) is 10.8. The summed E-state index contributed by atoms with van der Waals surface area (Å²) in [6.07, 6.45) is 1.25. The number of nitrogens with zero attached hydrogens (tertiary/aromatic N) is 1. The smallest absolute Gasteiger partial charge is 0.175 e. The predicted octanol–water partition coefficient (Wildman–Crippen LogP) is 5.07. The minimum atomic E-state index is -3.25. The van der Waals surface area contributed by atoms with Gasteiger partial charge in [0.25, 0.3) is 0 Å². The average Bonchev–Trinajstić information content (AvgIpc) is 2.94. The highest BCUT2D eigenvalue weighted by Gasteiger charge is 2.18. The van der Waals surface area contributed by atoms with Crippen LogP contribution >= 0.6 is 0 Å². The molecule has 136 valence electrons. The Morgan fingerprint density at radius 2 is 1.48 bits per heavy atom. The number of benzene rings is 3. The highest BCUT2D eigenvalue weighted by Crippen LogP contribution is 2.35. The van der Waals surface area contributed by atoms with E-state index in [1.807, 2.05) is 42.5 Å². The van der Waals surface area contributed by atoms with Gasteiger partial charge in [-0.25, -0.2) is 8.42 Å². The zero-order chi connectivity index (χ0) is 19.0. The van der Waals surface area contributed by atoms with Crippen LogP contribution in [-0.4, -0.2) is 19.2 Å². The summed E-state index contributed by atoms with van der Waals surface area (Å²) in [5.74, 6) is 0. The van der Waals surface area contributed by atoms with Gasteiger partial charge < -0.3 is 4.57 Å². The van der Waals surface area contributed by atoms with Crippen LogP contribution in [0.2, 0.25) is 0 Å². The molecule has 0 N–H and O–H groups in total. The quantitative estimate of drug-likeness (QED) is 0.500. The number of hydrogen-bond acceptors (Lipinski definition) is 2. The van der Waals surface area contributed by atoms with E-state index in [0.29, 0.717) is 4.90 Å². The highest BCUT2D eigenvalue weighted by molar-refractivity contribution is 7.90. The van der Waals surface area contributed by atoms with E-state index < -0.39 is 9.84 Å². The van der Waals surface area contributed by atoms with Crippen LogP contribution in [0, 0.1) is 6.92 Å². The molecular weight excluding hydrogens is 354 g/mol. The highest BCUT2D eigenvalue weighted by atomic mass is 32.2. The van der Waals surface area contributed by atoms with Crippen molar-refractivity contribution in [3.63, 3.8) is 0 Å². The van der Waals surface area contributed by atoms with Crippen LogP contribution < -0.4 is 0 Å². The van der Waals surface area contributed by atoms with E-state index in [1.165, 1.54) is 11.8 Å². The Kier molecular flexibility index (Phi) is 4.36. The first kappa shape index (κ1) is 17.6. The second-order valence-electron chi connectivity index (χ2n) is 6.86. The lowest BCUT2D eigenvalue weighted by Gasteiger charge is -2.12. The van der Waals surface area contributed by atoms with Crippen LogP contribution in [0.5, 0.6) is 0 Å². The molecule has 0 bridgehead atoms. The van der Waals surface area contributed by atoms with Crippen molar-refractivity contribution in [2.75, 3.05) is 6.26 Å². The van der Waals surface area contributed by atoms with E-state index in [4.69, 9.17) is 0 Å². The van der Waals surface area contributed by atoms with Crippen molar-refractivity contribution in [2.45, 2.75) is 18.4 Å². The largest absolute Gasteiger partial charge is 0.336 e. The first-order chi connectivity index (χ1) is 12.9. The van der Waals surface area contributed by atoms with Gasteiger partial charge >= 0.3 is 0 Å². The summed E-state index contributed by atoms with van der Waals surface area (Å²) < 4.78 is 26.3. The van der Waals surface area contributed by atoms with Gasteiger partial charge in [-0.2, -0.15) is 0 Å². The molecule has 27 heavy (non-hydrogen) atoms. The number of sulfone groups is 1. The molecule has 0 amide bonds. The van der Waals surface area contributed by atoms with Gasteiger partial charge in [-0.1, -0.05) is 60.7 Å². The number of rotatable bonds is 4. The molecule has 4 rings (SSSR count). The fourth-order valence-electron chi connectivity index (χ4n) is 3.63. The zero-order valence-electron chi connectivity index (χ0n) is 15.4. The molecule has 1 aromatic heterocycles. The Hall–Kier alpha value is -2.85. The summed E-state index contributed by atoms with van der Waals surface area (Å²) in [5.41, 5.74) is 5.60. The van der Waals surface area contributed by atoms with E-state index in [9.17, 15) is 8.42 Å². The van der Waals surface area contributed by atoms with Crippen molar-refractivity contribution >= 4 is 20.7 Å². The number of aromatic nitrogens is 1. The van der Waals surface area contributed by atoms with Gasteiger partial charge in [0.1, 0.15) is 0 Å². The fourth-order valence-corrected chi connectivity index (χ4v) is 4.28. The normalized spacial score (nSPS) is 11.8. The SMILES string of the molecule is Cc1c(-c2ccccc2)n(Cc2ccccc2)c2ccc(S(C)(=O)=O)cc12. The molecule has 3 aromatic carbocycles. The van der Waals surface area contributed by atoms with Gasteiger partial charge in [-0.05, 0) is 41.8 Å². The van der Waals surface area contributed by atoms with E-state index in [2.05, 4.69) is 35.8 Å². The Morgan fingerprint density at radius 3 is 2.11 bits per heavy atom. The lowest BCUT2D eigenvalue weighted by atomic mass is 10.1. The van der Waals surface area contributed by atoms with Crippen molar-refractivity contribution in [2.24, 2.45) is 0 Å². The third kappa shape index (κ3) is 3.28. The third-order valence-corrected chi connectivity index (χ3v) is 6.06. The van der Waals surface area contributed by atoms with Crippen LogP contribution in [-0.2, 0) is 16.4 Å². The van der Waals surface area contributed by atoms with Gasteiger partial charge in [-0.15, -0.1) is 0 Å². The molecule has 0 aliphatic heterocycles. The van der Waals surface area contributed by atoms with Gasteiger partial charge in [0, 0.05) is 23.7 Å². The summed E-state index contributed by atoms with van der Waals surface area (Å²) in [6, 6.07) is 26.0. The third-order valence-electron chi connectivity index (χ3n) is 4.95. The van der Waals surface area contributed by atoms with Crippen LogP contribution in [0.4, 0.5) is 0 Å². The average molecular weight is 375 g/mol. The monoisotopic (exact) mass is 375 g/mol. The lowest BCUT2D eigenvalue weighted by Crippen LogP contribution is -2.02. The van der Waals surface area contributed by atoms with Gasteiger partial charge in [-0.3, -0.25) is 0 Å². The first-order valence-electron chi connectivity index (χ1n) is 8.87. The fraction of sp³-hybridized carbons (Fsp3) is 0.130. The lowest BCUT2D eigenvalue weighted by molar-refractivity contribution is 0.602. The molecule has 0 fully saturated rings. The number of fused-ring (bicyclic) bond motifs is 1. The molecule has 4 heteroatoms. The van der Waals surface area contributed by atoms with E-state index >= 15 is 0 Å². The second-order valence-corrected chi connectivity index (χ2v) is 8.88. The summed E-state index contributed by atoms with van der Waals surface area (Å²) in [4.78, 5) is 0.356. The van der Waals surface area contributed by atoms with Crippen molar-refractivity contribution in [1.29, 1.82) is 0 Å². The Labute approximate surface area is 159 Å². The second kappa shape index (κ2) is 6.71. The van der Waals surface area contributed by atoms with E-state index in [1.54, 1.807) is 12.1 Å². The molecule has 4 aromatic rings. The van der Waals surface area contributed by atoms with Crippen molar-refractivity contribution in [1.82, 2.24) is 4.57 Å². The molecule has 0 radical (unpaired) electrons. The molecule has 0 saturated carbocycles. The van der Waals surface area contributed by atoms with E-state index in [-0.39, 0.29) is 0 Å². The van der Waals surface area contributed by atoms with Crippen LogP contribution in [0.25, 0.3) is 22.2 Å². The van der Waals surface area contributed by atoms with Crippen LogP contribution in [0.15, 0.2) is 83.8 Å². The topological polar surface area (TPSA) is 39.1 Å². The molecule has 1 heterocycles. The number of aryl methyl sites for hydroxylation is 1. The van der Waals surface area contributed by atoms with Gasteiger partial charge in [0.15, 0.2) is 9.84 Å². The molecular formula is C23H21NO2S. The van der Waals surface area contributed by atoms with Crippen molar-refractivity contribution < 1.29 is 8.42 Å². The van der Waals surface area contributed by atoms with Crippen LogP contribution in [0.1, 0.15) is 11.1 Å². The summed E-state index contributed by atoms with van der Waals surface area (Å²) >= 11 is 0. The predicted molar refractivity (Wildman–Crippen MR) is 111 cm³/mol. The van der Waals surface area contributed by atoms with Crippen LogP contribution in [0.3, 0.4) is 0 Å². The van der Waals surface area contributed by atoms with E-state index in [0.717, 1.165) is 34.3 Å². The minimum Gasteiger partial charge on any atom is -0.336 e. The number of hydrogen-bond donors (Lipinski definition) is 0. The maximum absolute atomic E-state index is 12.0. The van der Waals surface area contributed by atoms with Gasteiger partial charge in [0.2, 0.25) is 0 Å². The summed E-state index contributed by atoms with van der Waals surface area (Å²) in [6.45, 7) is 2.80. The molecule has 0 aliphatic rings. The molecule has 0 atom stereocenters. The van der Waals surface area contributed by atoms with Crippen molar-refractivity contribution in [3.8, 4) is 11.3 Å². The summed E-state index contributed by atoms with van der Waals surface area (Å²) in [5, 5.41) is 0.979. The molecule has 0 aliphatic carbocycles. The molecule has 3 nitrogen and oxygen atoms in total. The summed E-state index contributed by atoms with van der Waals surface area (Å²) in [7, 11) is -3.25. The maximum Gasteiger partial charge on any atom is 0.175 e. The Balaban J connectivity index is 2.01. The van der Waals surface area contributed by atoms with Crippen molar-refractivity contribution in [3.05, 3.63) is 90.0 Å². The molecule has 0 saturated heterocycles. The Morgan fingerprint density at radius 1 is 0.852 bits per heavy atom. The minimum absolute atomic E-state index is 0.356. The zero-order valence-corrected chi connectivity index (χ0v) is 16.2. The molecule has 0 unspecified atom stereocenters.